The fraction of sp³-hybridized carbons (Fsp3) is 0.385. The third kappa shape index (κ3) is 3.09. The highest BCUT2D eigenvalue weighted by molar-refractivity contribution is 5.14. The molecule has 2 heteroatoms. The van der Waals surface area contributed by atoms with E-state index >= 15 is 0 Å². The molecule has 1 aliphatic rings. The van der Waals surface area contributed by atoms with Crippen LogP contribution in [0.1, 0.15) is 12.5 Å². The van der Waals surface area contributed by atoms with Crippen LogP contribution < -0.4 is 0 Å². The highest BCUT2D eigenvalue weighted by Crippen LogP contribution is 2.21. The lowest BCUT2D eigenvalue weighted by Gasteiger charge is -2.01. The van der Waals surface area contributed by atoms with E-state index in [4.69, 9.17) is 9.47 Å². The Bertz CT molecular complexity index is 361. The van der Waals surface area contributed by atoms with E-state index in [9.17, 15) is 0 Å². The number of epoxide rings is 1. The quantitative estimate of drug-likeness (QED) is 0.550. The lowest BCUT2D eigenvalue weighted by atomic mass is 10.2. The molecule has 1 aromatic rings. The fourth-order valence-electron chi connectivity index (χ4n) is 1.41. The predicted octanol–water partition coefficient (Wildman–Crippen LogP) is 1.99. The van der Waals surface area contributed by atoms with Gasteiger partial charge in [0.1, 0.15) is 12.2 Å². The summed E-state index contributed by atoms with van der Waals surface area (Å²) in [6.07, 6.45) is 0.284. The van der Waals surface area contributed by atoms with E-state index < -0.39 is 0 Å². The first-order valence-electron chi connectivity index (χ1n) is 5.09. The molecule has 1 fully saturated rings. The molecule has 15 heavy (non-hydrogen) atoms. The molecule has 0 amide bonds. The van der Waals surface area contributed by atoms with Crippen LogP contribution in [0.5, 0.6) is 0 Å². The van der Waals surface area contributed by atoms with Crippen LogP contribution in [-0.4, -0.2) is 18.8 Å². The maximum atomic E-state index is 5.53. The summed E-state index contributed by atoms with van der Waals surface area (Å²) in [4.78, 5) is 0. The van der Waals surface area contributed by atoms with E-state index in [1.165, 1.54) is 5.56 Å². The van der Waals surface area contributed by atoms with Crippen molar-refractivity contribution in [3.05, 3.63) is 35.9 Å². The van der Waals surface area contributed by atoms with Gasteiger partial charge in [-0.05, 0) is 12.5 Å². The summed E-state index contributed by atoms with van der Waals surface area (Å²) in [6.45, 7) is 3.10. The standard InChI is InChI=1S/C13H14O2/c1-2-6-12-13(15-12)10-14-9-11-7-4-3-5-8-11/h3-5,7-8,12-13H,9-10H2,1H3/t12-,13-/m1/s1. The van der Waals surface area contributed by atoms with Crippen molar-refractivity contribution < 1.29 is 9.47 Å². The lowest BCUT2D eigenvalue weighted by Crippen LogP contribution is -2.03. The first-order chi connectivity index (χ1) is 7.40. The molecule has 0 N–H and O–H groups in total. The largest absolute Gasteiger partial charge is 0.374 e. The summed E-state index contributed by atoms with van der Waals surface area (Å²) in [5.41, 5.74) is 1.19. The van der Waals surface area contributed by atoms with Gasteiger partial charge in [0.2, 0.25) is 0 Å². The lowest BCUT2D eigenvalue weighted by molar-refractivity contribution is 0.104. The first-order valence-corrected chi connectivity index (χ1v) is 5.09. The molecule has 0 aromatic heterocycles. The maximum Gasteiger partial charge on any atom is 0.147 e. The van der Waals surface area contributed by atoms with Gasteiger partial charge in [-0.3, -0.25) is 0 Å². The Labute approximate surface area is 90.2 Å². The van der Waals surface area contributed by atoms with Gasteiger partial charge in [-0.1, -0.05) is 36.3 Å². The Morgan fingerprint density at radius 2 is 2.13 bits per heavy atom. The zero-order chi connectivity index (χ0) is 10.5. The molecule has 2 atom stereocenters. The van der Waals surface area contributed by atoms with E-state index in [0.717, 1.165) is 0 Å². The summed E-state index contributed by atoms with van der Waals surface area (Å²) in [5, 5.41) is 0. The Morgan fingerprint density at radius 1 is 1.33 bits per heavy atom. The van der Waals surface area contributed by atoms with Gasteiger partial charge in [0.05, 0.1) is 13.2 Å². The van der Waals surface area contributed by atoms with E-state index in [2.05, 4.69) is 24.0 Å². The van der Waals surface area contributed by atoms with Gasteiger partial charge >= 0.3 is 0 Å². The minimum absolute atomic E-state index is 0.103. The minimum atomic E-state index is 0.103. The maximum absolute atomic E-state index is 5.53. The van der Waals surface area contributed by atoms with Gasteiger partial charge in [0.25, 0.3) is 0 Å². The van der Waals surface area contributed by atoms with Crippen LogP contribution >= 0.6 is 0 Å². The molecule has 1 heterocycles. The van der Waals surface area contributed by atoms with E-state index in [-0.39, 0.29) is 12.2 Å². The molecule has 0 aliphatic carbocycles. The number of benzene rings is 1. The van der Waals surface area contributed by atoms with Crippen molar-refractivity contribution in [2.45, 2.75) is 25.7 Å². The van der Waals surface area contributed by atoms with Crippen molar-refractivity contribution in [3.8, 4) is 11.8 Å². The molecular weight excluding hydrogens is 188 g/mol. The van der Waals surface area contributed by atoms with Crippen molar-refractivity contribution in [1.29, 1.82) is 0 Å². The number of rotatable bonds is 4. The molecule has 0 radical (unpaired) electrons. The average molecular weight is 202 g/mol. The predicted molar refractivity (Wildman–Crippen MR) is 58.2 cm³/mol. The summed E-state index contributed by atoms with van der Waals surface area (Å²) in [5.74, 6) is 5.80. The zero-order valence-corrected chi connectivity index (χ0v) is 8.77. The molecule has 1 saturated heterocycles. The van der Waals surface area contributed by atoms with Gasteiger partial charge in [0.15, 0.2) is 0 Å². The minimum Gasteiger partial charge on any atom is -0.374 e. The third-order valence-corrected chi connectivity index (χ3v) is 2.26. The number of hydrogen-bond donors (Lipinski definition) is 0. The van der Waals surface area contributed by atoms with E-state index in [1.807, 2.05) is 25.1 Å². The Balaban J connectivity index is 1.66. The van der Waals surface area contributed by atoms with Gasteiger partial charge in [-0.2, -0.15) is 0 Å². The van der Waals surface area contributed by atoms with Gasteiger partial charge < -0.3 is 9.47 Å². The topological polar surface area (TPSA) is 21.8 Å². The Kier molecular flexibility index (Phi) is 3.39. The molecule has 1 aromatic carbocycles. The second-order valence-electron chi connectivity index (χ2n) is 3.49. The van der Waals surface area contributed by atoms with Crippen LogP contribution in [0.25, 0.3) is 0 Å². The molecule has 0 bridgehead atoms. The van der Waals surface area contributed by atoms with Crippen molar-refractivity contribution >= 4 is 0 Å². The zero-order valence-electron chi connectivity index (χ0n) is 8.77. The van der Waals surface area contributed by atoms with Crippen LogP contribution in [0, 0.1) is 11.8 Å². The highest BCUT2D eigenvalue weighted by atomic mass is 16.6. The molecule has 0 saturated carbocycles. The summed E-state index contributed by atoms with van der Waals surface area (Å²) in [7, 11) is 0. The monoisotopic (exact) mass is 202 g/mol. The molecule has 2 nitrogen and oxygen atoms in total. The van der Waals surface area contributed by atoms with Gasteiger partial charge in [-0.15, -0.1) is 5.92 Å². The van der Waals surface area contributed by atoms with Crippen molar-refractivity contribution in [2.24, 2.45) is 0 Å². The second-order valence-corrected chi connectivity index (χ2v) is 3.49. The van der Waals surface area contributed by atoms with Crippen LogP contribution in [0.3, 0.4) is 0 Å². The van der Waals surface area contributed by atoms with E-state index in [0.29, 0.717) is 13.2 Å². The number of hydrogen-bond acceptors (Lipinski definition) is 2. The second kappa shape index (κ2) is 4.97. The summed E-state index contributed by atoms with van der Waals surface area (Å²) in [6, 6.07) is 10.1. The Morgan fingerprint density at radius 3 is 2.87 bits per heavy atom. The normalized spacial score (nSPS) is 23.0. The number of ether oxygens (including phenoxy) is 2. The summed E-state index contributed by atoms with van der Waals surface area (Å²) >= 11 is 0. The molecule has 1 aliphatic heterocycles. The Hall–Kier alpha value is -1.30. The van der Waals surface area contributed by atoms with Crippen LogP contribution in [0.15, 0.2) is 30.3 Å². The molecule has 78 valence electrons. The van der Waals surface area contributed by atoms with E-state index in [1.54, 1.807) is 0 Å². The average Bonchev–Trinajstić information content (AvgIpc) is 2.99. The molecule has 0 spiro atoms. The first kappa shape index (κ1) is 10.2. The molecule has 0 unspecified atom stereocenters. The van der Waals surface area contributed by atoms with Crippen LogP contribution in [0.2, 0.25) is 0 Å². The molecule has 2 rings (SSSR count). The summed E-state index contributed by atoms with van der Waals surface area (Å²) < 4.78 is 10.8. The smallest absolute Gasteiger partial charge is 0.147 e. The van der Waals surface area contributed by atoms with Gasteiger partial charge in [0, 0.05) is 0 Å². The SMILES string of the molecule is CC#C[C@H]1O[C@@H]1COCc1ccccc1. The molecular formula is C13H14O2. The highest BCUT2D eigenvalue weighted by Gasteiger charge is 2.37. The van der Waals surface area contributed by atoms with Crippen LogP contribution in [-0.2, 0) is 16.1 Å². The van der Waals surface area contributed by atoms with Gasteiger partial charge in [-0.25, -0.2) is 0 Å². The van der Waals surface area contributed by atoms with Crippen molar-refractivity contribution in [2.75, 3.05) is 6.61 Å². The fourth-order valence-corrected chi connectivity index (χ4v) is 1.41. The van der Waals surface area contributed by atoms with Crippen molar-refractivity contribution in [3.63, 3.8) is 0 Å². The third-order valence-electron chi connectivity index (χ3n) is 2.26. The van der Waals surface area contributed by atoms with Crippen molar-refractivity contribution in [1.82, 2.24) is 0 Å². The van der Waals surface area contributed by atoms with Crippen LogP contribution in [0.4, 0.5) is 0 Å².